The number of hydrogen-bond acceptors (Lipinski definition) is 8. The number of nitrogens with zero attached hydrogens (tertiary/aromatic N) is 2. The minimum atomic E-state index is -0.432. The summed E-state index contributed by atoms with van der Waals surface area (Å²) >= 11 is 7.37. The van der Waals surface area contributed by atoms with Gasteiger partial charge in [-0.1, -0.05) is 17.7 Å². The first kappa shape index (κ1) is 23.5. The summed E-state index contributed by atoms with van der Waals surface area (Å²) in [6.07, 6.45) is 1.71. The van der Waals surface area contributed by atoms with E-state index >= 15 is 0 Å². The fraction of sp³-hybridized carbons (Fsp3) is 0.227. The van der Waals surface area contributed by atoms with E-state index in [9.17, 15) is 9.18 Å². The van der Waals surface area contributed by atoms with Crippen LogP contribution < -0.4 is 14.9 Å². The van der Waals surface area contributed by atoms with Crippen molar-refractivity contribution in [2.75, 3.05) is 19.1 Å². The first-order valence-corrected chi connectivity index (χ1v) is 10.9. The van der Waals surface area contributed by atoms with E-state index in [4.69, 9.17) is 25.8 Å². The maximum atomic E-state index is 13.9. The molecule has 10 heteroatoms. The van der Waals surface area contributed by atoms with E-state index in [2.05, 4.69) is 15.5 Å². The van der Waals surface area contributed by atoms with Gasteiger partial charge in [0.15, 0.2) is 11.5 Å². The highest BCUT2D eigenvalue weighted by atomic mass is 35.5. The number of hydrogen-bond donors (Lipinski definition) is 1. The molecular formula is C22H21ClFN3O4S. The normalized spacial score (nSPS) is 10.9. The van der Waals surface area contributed by atoms with Crippen LogP contribution >= 0.6 is 22.9 Å². The second kappa shape index (κ2) is 11.4. The fourth-order valence-electron chi connectivity index (χ4n) is 2.67. The number of ether oxygens (including phenoxy) is 3. The van der Waals surface area contributed by atoms with Gasteiger partial charge in [0.2, 0.25) is 5.13 Å². The van der Waals surface area contributed by atoms with Crippen molar-refractivity contribution >= 4 is 40.3 Å². The lowest BCUT2D eigenvalue weighted by molar-refractivity contribution is -0.142. The van der Waals surface area contributed by atoms with Crippen molar-refractivity contribution < 1.29 is 23.4 Å². The topological polar surface area (TPSA) is 82.0 Å². The molecule has 1 heterocycles. The highest BCUT2D eigenvalue weighted by Crippen LogP contribution is 2.30. The molecule has 1 aromatic heterocycles. The lowest BCUT2D eigenvalue weighted by atomic mass is 10.2. The molecule has 0 amide bonds. The molecule has 1 N–H and O–H groups in total. The van der Waals surface area contributed by atoms with E-state index in [1.54, 1.807) is 42.8 Å². The Bertz CT molecular complexity index is 1090. The van der Waals surface area contributed by atoms with E-state index in [1.165, 1.54) is 30.6 Å². The first-order chi connectivity index (χ1) is 15.5. The second-order valence-electron chi connectivity index (χ2n) is 6.39. The molecule has 0 aliphatic carbocycles. The number of benzene rings is 2. The Balaban J connectivity index is 1.60. The Morgan fingerprint density at radius 2 is 2.16 bits per heavy atom. The number of carbonyl (C=O) groups excluding carboxylic acids is 1. The molecule has 3 aromatic rings. The zero-order chi connectivity index (χ0) is 22.9. The highest BCUT2D eigenvalue weighted by molar-refractivity contribution is 7.13. The molecule has 7 nitrogen and oxygen atoms in total. The van der Waals surface area contributed by atoms with Crippen molar-refractivity contribution in [3.8, 4) is 11.5 Å². The van der Waals surface area contributed by atoms with Gasteiger partial charge in [-0.25, -0.2) is 9.37 Å². The van der Waals surface area contributed by atoms with E-state index in [0.29, 0.717) is 34.0 Å². The first-order valence-electron chi connectivity index (χ1n) is 9.63. The van der Waals surface area contributed by atoms with Gasteiger partial charge in [-0.2, -0.15) is 5.10 Å². The minimum absolute atomic E-state index is 0.0327. The molecule has 0 radical (unpaired) electrons. The van der Waals surface area contributed by atoms with Gasteiger partial charge in [-0.05, 0) is 42.8 Å². The molecule has 0 spiro atoms. The number of halogens is 2. The van der Waals surface area contributed by atoms with Crippen LogP contribution in [0.15, 0.2) is 46.9 Å². The molecule has 0 aliphatic heterocycles. The third-order valence-electron chi connectivity index (χ3n) is 4.18. The summed E-state index contributed by atoms with van der Waals surface area (Å²) in [5.74, 6) is 0.159. The van der Waals surface area contributed by atoms with Gasteiger partial charge < -0.3 is 14.2 Å². The van der Waals surface area contributed by atoms with Gasteiger partial charge in [-0.3, -0.25) is 10.2 Å². The SMILES string of the molecule is CCOC(=O)Cc1csc(N/N=C\c2ccc(OCc3c(F)cccc3Cl)c(OC)c2)n1. The van der Waals surface area contributed by atoms with Crippen LogP contribution in [-0.4, -0.2) is 30.9 Å². The van der Waals surface area contributed by atoms with Gasteiger partial charge in [0.1, 0.15) is 12.4 Å². The van der Waals surface area contributed by atoms with Gasteiger partial charge in [-0.15, -0.1) is 11.3 Å². The lowest BCUT2D eigenvalue weighted by Crippen LogP contribution is -2.07. The monoisotopic (exact) mass is 477 g/mol. The molecule has 0 saturated heterocycles. The minimum Gasteiger partial charge on any atom is -0.493 e. The van der Waals surface area contributed by atoms with Crippen molar-refractivity contribution in [2.45, 2.75) is 20.0 Å². The zero-order valence-electron chi connectivity index (χ0n) is 17.4. The van der Waals surface area contributed by atoms with Crippen molar-refractivity contribution in [1.82, 2.24) is 4.98 Å². The number of methoxy groups -OCH3 is 1. The van der Waals surface area contributed by atoms with Crippen LogP contribution in [0, 0.1) is 5.82 Å². The Kier molecular flexibility index (Phi) is 8.41. The van der Waals surface area contributed by atoms with Gasteiger partial charge in [0.05, 0.1) is 37.1 Å². The van der Waals surface area contributed by atoms with Crippen LogP contribution in [0.2, 0.25) is 5.02 Å². The molecule has 0 unspecified atom stereocenters. The van der Waals surface area contributed by atoms with Crippen LogP contribution in [0.3, 0.4) is 0 Å². The van der Waals surface area contributed by atoms with Gasteiger partial charge in [0.25, 0.3) is 0 Å². The number of anilines is 1. The molecule has 0 aliphatic rings. The summed E-state index contributed by atoms with van der Waals surface area (Å²) in [5.41, 5.74) is 4.46. The van der Waals surface area contributed by atoms with Crippen molar-refractivity contribution in [1.29, 1.82) is 0 Å². The van der Waals surface area contributed by atoms with Crippen molar-refractivity contribution in [3.63, 3.8) is 0 Å². The van der Waals surface area contributed by atoms with Crippen molar-refractivity contribution in [2.24, 2.45) is 5.10 Å². The molecule has 0 fully saturated rings. The summed E-state index contributed by atoms with van der Waals surface area (Å²) in [7, 11) is 1.51. The molecule has 3 rings (SSSR count). The number of nitrogens with one attached hydrogen (secondary N) is 1. The Morgan fingerprint density at radius 3 is 2.91 bits per heavy atom. The Morgan fingerprint density at radius 1 is 1.31 bits per heavy atom. The molecule has 0 atom stereocenters. The summed E-state index contributed by atoms with van der Waals surface area (Å²) in [6, 6.07) is 9.69. The molecule has 0 saturated carbocycles. The lowest BCUT2D eigenvalue weighted by Gasteiger charge is -2.12. The van der Waals surface area contributed by atoms with Gasteiger partial charge in [0, 0.05) is 10.9 Å². The van der Waals surface area contributed by atoms with Gasteiger partial charge >= 0.3 is 5.97 Å². The van der Waals surface area contributed by atoms with E-state index in [0.717, 1.165) is 5.56 Å². The quantitative estimate of drug-likeness (QED) is 0.249. The average molecular weight is 478 g/mol. The second-order valence-corrected chi connectivity index (χ2v) is 7.66. The number of rotatable bonds is 10. The number of hydrazone groups is 1. The van der Waals surface area contributed by atoms with Crippen LogP contribution in [-0.2, 0) is 22.6 Å². The van der Waals surface area contributed by atoms with E-state index < -0.39 is 5.82 Å². The summed E-state index contributed by atoms with van der Waals surface area (Å²) in [5, 5.41) is 6.77. The van der Waals surface area contributed by atoms with E-state index in [-0.39, 0.29) is 24.6 Å². The third kappa shape index (κ3) is 6.41. The number of aromatic nitrogens is 1. The molecular weight excluding hydrogens is 457 g/mol. The maximum Gasteiger partial charge on any atom is 0.311 e. The molecule has 0 bridgehead atoms. The summed E-state index contributed by atoms with van der Waals surface area (Å²) in [4.78, 5) is 15.8. The Labute approximate surface area is 193 Å². The zero-order valence-corrected chi connectivity index (χ0v) is 19.0. The van der Waals surface area contributed by atoms with Crippen LogP contribution in [0.5, 0.6) is 11.5 Å². The number of thiazole rings is 1. The number of esters is 1. The summed E-state index contributed by atoms with van der Waals surface area (Å²) in [6.45, 7) is 2.06. The molecule has 168 valence electrons. The molecule has 2 aromatic carbocycles. The standard InChI is InChI=1S/C22H21ClFN3O4S/c1-3-30-21(28)10-15-13-32-22(26-15)27-25-11-14-7-8-19(20(9-14)29-2)31-12-16-17(23)5-4-6-18(16)24/h4-9,11,13H,3,10,12H2,1-2H3,(H,26,27)/b25-11-. The number of carbonyl (C=O) groups is 1. The highest BCUT2D eigenvalue weighted by Gasteiger charge is 2.11. The fourth-order valence-corrected chi connectivity index (χ4v) is 3.54. The van der Waals surface area contributed by atoms with E-state index in [1.807, 2.05) is 0 Å². The Hall–Kier alpha value is -3.17. The van der Waals surface area contributed by atoms with Crippen LogP contribution in [0.4, 0.5) is 9.52 Å². The predicted octanol–water partition coefficient (Wildman–Crippen LogP) is 5.07. The van der Waals surface area contributed by atoms with Crippen molar-refractivity contribution in [3.05, 3.63) is 69.4 Å². The largest absolute Gasteiger partial charge is 0.493 e. The summed E-state index contributed by atoms with van der Waals surface area (Å²) < 4.78 is 29.9. The molecule has 32 heavy (non-hydrogen) atoms. The van der Waals surface area contributed by atoms with Crippen LogP contribution in [0.1, 0.15) is 23.7 Å². The smallest absolute Gasteiger partial charge is 0.311 e. The predicted molar refractivity (Wildman–Crippen MR) is 122 cm³/mol. The van der Waals surface area contributed by atoms with Crippen LogP contribution in [0.25, 0.3) is 0 Å². The average Bonchev–Trinajstić information content (AvgIpc) is 3.21. The maximum absolute atomic E-state index is 13.9. The third-order valence-corrected chi connectivity index (χ3v) is 5.33.